The fraction of sp³-hybridized carbons (Fsp3) is 0.600. The number of rotatable bonds is 13. The minimum absolute atomic E-state index is 0.157. The lowest BCUT2D eigenvalue weighted by atomic mass is 9.92. The first kappa shape index (κ1) is 30.7. The zero-order valence-corrected chi connectivity index (χ0v) is 22.8. The third-order valence-corrected chi connectivity index (χ3v) is 6.29. The Morgan fingerprint density at radius 1 is 1.25 bits per heavy atom. The predicted octanol–water partition coefficient (Wildman–Crippen LogP) is 0.431. The Morgan fingerprint density at radius 2 is 1.95 bits per heavy atom. The summed E-state index contributed by atoms with van der Waals surface area (Å²) in [6.07, 6.45) is -0.612. The van der Waals surface area contributed by atoms with Crippen LogP contribution in [0.2, 0.25) is 0 Å². The molecule has 0 radical (unpaired) electrons. The van der Waals surface area contributed by atoms with Crippen LogP contribution in [-0.2, 0) is 42.8 Å². The van der Waals surface area contributed by atoms with Crippen LogP contribution in [0.5, 0.6) is 0 Å². The zero-order valence-electron chi connectivity index (χ0n) is 22.8. The highest BCUT2D eigenvalue weighted by Crippen LogP contribution is 2.34. The quantitative estimate of drug-likeness (QED) is 0.147. The summed E-state index contributed by atoms with van der Waals surface area (Å²) in [4.78, 5) is 40.7. The smallest absolute Gasteiger partial charge is 0.323 e. The fourth-order valence-electron chi connectivity index (χ4n) is 4.15. The zero-order chi connectivity index (χ0) is 29.3. The average molecular weight is 563 g/mol. The molecule has 15 nitrogen and oxygen atoms in total. The monoisotopic (exact) mass is 562 g/mol. The van der Waals surface area contributed by atoms with E-state index in [1.807, 2.05) is 6.07 Å². The van der Waals surface area contributed by atoms with Gasteiger partial charge in [0, 0.05) is 33.8 Å². The van der Waals surface area contributed by atoms with Crippen LogP contribution in [0, 0.1) is 11.3 Å². The second-order valence-corrected chi connectivity index (χ2v) is 9.13. The molecule has 0 aromatic carbocycles. The van der Waals surface area contributed by atoms with Gasteiger partial charge in [-0.3, -0.25) is 19.7 Å². The molecule has 0 aliphatic carbocycles. The number of esters is 3. The van der Waals surface area contributed by atoms with E-state index < -0.39 is 48.4 Å². The molecular formula is C25H34N6O9. The van der Waals surface area contributed by atoms with E-state index in [-0.39, 0.29) is 24.3 Å². The number of carbonyl (C=O) groups excluding carboxylic acids is 3. The molecule has 0 spiro atoms. The van der Waals surface area contributed by atoms with Crippen molar-refractivity contribution >= 4 is 29.2 Å². The van der Waals surface area contributed by atoms with Crippen LogP contribution < -0.4 is 11.1 Å². The highest BCUT2D eigenvalue weighted by molar-refractivity contribution is 5.75. The second-order valence-electron chi connectivity index (χ2n) is 9.13. The molecule has 15 heteroatoms. The van der Waals surface area contributed by atoms with Crippen molar-refractivity contribution in [3.63, 3.8) is 0 Å². The molecule has 2 aromatic heterocycles. The van der Waals surface area contributed by atoms with Gasteiger partial charge < -0.3 is 34.2 Å². The van der Waals surface area contributed by atoms with Crippen LogP contribution in [0.1, 0.15) is 45.4 Å². The number of carbonyl (C=O) groups is 3. The minimum atomic E-state index is -1.96. The average Bonchev–Trinajstić information content (AvgIpc) is 3.37. The SMILES string of the molecule is CO[C@](C#N)(COCN[C@@H](C)C(=O)OC1CCOCC1)[C@@H](OC(C)=O)[C@@H](OC(C)=O)c1ccc2c(N)ncnn12. The van der Waals surface area contributed by atoms with Crippen LogP contribution in [0.4, 0.5) is 5.82 Å². The van der Waals surface area contributed by atoms with Crippen LogP contribution in [0.25, 0.3) is 5.52 Å². The van der Waals surface area contributed by atoms with E-state index in [2.05, 4.69) is 15.4 Å². The summed E-state index contributed by atoms with van der Waals surface area (Å²) in [5.41, 5.74) is 4.62. The topological polar surface area (TPSA) is 199 Å². The lowest BCUT2D eigenvalue weighted by molar-refractivity contribution is -0.195. The molecule has 3 heterocycles. The summed E-state index contributed by atoms with van der Waals surface area (Å²) in [6, 6.07) is 4.43. The van der Waals surface area contributed by atoms with Crippen molar-refractivity contribution in [3.05, 3.63) is 24.2 Å². The van der Waals surface area contributed by atoms with E-state index in [0.717, 1.165) is 6.92 Å². The summed E-state index contributed by atoms with van der Waals surface area (Å²) >= 11 is 0. The van der Waals surface area contributed by atoms with Crippen molar-refractivity contribution in [1.82, 2.24) is 19.9 Å². The minimum Gasteiger partial charge on any atom is -0.461 e. The normalized spacial score (nSPS) is 17.7. The van der Waals surface area contributed by atoms with Gasteiger partial charge in [-0.1, -0.05) is 0 Å². The summed E-state index contributed by atoms with van der Waals surface area (Å²) in [5, 5.41) is 17.3. The molecule has 0 saturated carbocycles. The van der Waals surface area contributed by atoms with Crippen LogP contribution in [-0.4, -0.2) is 90.0 Å². The number of anilines is 1. The maximum atomic E-state index is 12.4. The van der Waals surface area contributed by atoms with Gasteiger partial charge in [-0.2, -0.15) is 10.4 Å². The van der Waals surface area contributed by atoms with Crippen molar-refractivity contribution in [1.29, 1.82) is 5.26 Å². The molecular weight excluding hydrogens is 528 g/mol. The second kappa shape index (κ2) is 14.0. The number of nitrogens with one attached hydrogen (secondary N) is 1. The summed E-state index contributed by atoms with van der Waals surface area (Å²) in [6.45, 7) is 4.37. The number of aromatic nitrogens is 3. The third kappa shape index (κ3) is 7.42. The molecule has 1 fully saturated rings. The number of hydrogen-bond acceptors (Lipinski definition) is 14. The van der Waals surface area contributed by atoms with Gasteiger partial charge in [-0.05, 0) is 19.1 Å². The number of methoxy groups -OCH3 is 1. The number of fused-ring (bicyclic) bond motifs is 1. The maximum absolute atomic E-state index is 12.4. The Balaban J connectivity index is 1.79. The first-order chi connectivity index (χ1) is 19.1. The van der Waals surface area contributed by atoms with Gasteiger partial charge in [0.2, 0.25) is 5.60 Å². The molecule has 1 aliphatic rings. The van der Waals surface area contributed by atoms with Gasteiger partial charge >= 0.3 is 17.9 Å². The fourth-order valence-corrected chi connectivity index (χ4v) is 4.15. The molecule has 218 valence electrons. The Morgan fingerprint density at radius 3 is 2.58 bits per heavy atom. The lowest BCUT2D eigenvalue weighted by Crippen LogP contribution is -2.53. The van der Waals surface area contributed by atoms with E-state index in [4.69, 9.17) is 34.2 Å². The van der Waals surface area contributed by atoms with Crippen LogP contribution in [0.3, 0.4) is 0 Å². The van der Waals surface area contributed by atoms with E-state index in [0.29, 0.717) is 31.6 Å². The molecule has 0 amide bonds. The number of hydrogen-bond donors (Lipinski definition) is 2. The largest absolute Gasteiger partial charge is 0.461 e. The Hall–Kier alpha value is -3.84. The first-order valence-corrected chi connectivity index (χ1v) is 12.6. The van der Waals surface area contributed by atoms with E-state index >= 15 is 0 Å². The van der Waals surface area contributed by atoms with Gasteiger partial charge in [0.25, 0.3) is 0 Å². The van der Waals surface area contributed by atoms with Gasteiger partial charge in [0.05, 0.1) is 32.2 Å². The Bertz CT molecular complexity index is 1230. The molecule has 1 saturated heterocycles. The standard InChI is InChI=1S/C25H34N6O9/c1-15(24(34)40-18-7-9-36-10-8-18)29-14-37-12-25(11-26,35-4)22(39-17(3)33)21(38-16(2)32)19-5-6-20-23(27)28-13-30-31(19)20/h5-6,13,15,18,21-22,29H,7-10,12,14H2,1-4H3,(H2,27,28,30)/t15-,21-,22-,25+/m0/s1. The van der Waals surface area contributed by atoms with Gasteiger partial charge in [0.15, 0.2) is 18.0 Å². The first-order valence-electron chi connectivity index (χ1n) is 12.6. The number of nitrogens with zero attached hydrogens (tertiary/aromatic N) is 4. The van der Waals surface area contributed by atoms with Gasteiger partial charge in [-0.15, -0.1) is 0 Å². The molecule has 0 unspecified atom stereocenters. The van der Waals surface area contributed by atoms with Gasteiger partial charge in [0.1, 0.15) is 30.1 Å². The lowest BCUT2D eigenvalue weighted by Gasteiger charge is -2.36. The number of ether oxygens (including phenoxy) is 6. The predicted molar refractivity (Wildman–Crippen MR) is 136 cm³/mol. The molecule has 3 rings (SSSR count). The van der Waals surface area contributed by atoms with Crippen LogP contribution >= 0.6 is 0 Å². The third-order valence-electron chi connectivity index (χ3n) is 6.29. The van der Waals surface area contributed by atoms with Crippen molar-refractivity contribution in [2.45, 2.75) is 63.6 Å². The van der Waals surface area contributed by atoms with Crippen molar-refractivity contribution in [2.75, 3.05) is 39.4 Å². The molecule has 3 N–H and O–H groups in total. The van der Waals surface area contributed by atoms with Crippen molar-refractivity contribution in [3.8, 4) is 6.07 Å². The van der Waals surface area contributed by atoms with Crippen molar-refractivity contribution in [2.24, 2.45) is 0 Å². The molecule has 1 aliphatic heterocycles. The molecule has 40 heavy (non-hydrogen) atoms. The number of nitrogens with two attached hydrogens (primary N) is 1. The molecule has 0 bridgehead atoms. The Kier molecular flexibility index (Phi) is 10.7. The Labute approximate surface area is 230 Å². The summed E-state index contributed by atoms with van der Waals surface area (Å²) < 4.78 is 34.4. The molecule has 4 atom stereocenters. The van der Waals surface area contributed by atoms with Crippen LogP contribution in [0.15, 0.2) is 18.5 Å². The summed E-state index contributed by atoms with van der Waals surface area (Å²) in [5.74, 6) is -1.79. The van der Waals surface area contributed by atoms with E-state index in [1.54, 1.807) is 19.1 Å². The molecule has 2 aromatic rings. The maximum Gasteiger partial charge on any atom is 0.323 e. The van der Waals surface area contributed by atoms with E-state index in [1.165, 1.54) is 24.9 Å². The number of nitriles is 1. The summed E-state index contributed by atoms with van der Waals surface area (Å²) in [7, 11) is 1.23. The highest BCUT2D eigenvalue weighted by atomic mass is 16.6. The van der Waals surface area contributed by atoms with Gasteiger partial charge in [-0.25, -0.2) is 9.50 Å². The number of nitrogen functional groups attached to an aromatic ring is 1. The van der Waals surface area contributed by atoms with E-state index in [9.17, 15) is 19.6 Å². The highest BCUT2D eigenvalue weighted by Gasteiger charge is 2.50. The van der Waals surface area contributed by atoms with Crippen molar-refractivity contribution < 1.29 is 42.8 Å².